The van der Waals surface area contributed by atoms with E-state index in [-0.39, 0.29) is 34.2 Å². The summed E-state index contributed by atoms with van der Waals surface area (Å²) in [5.74, 6) is -2.14. The topological polar surface area (TPSA) is 80.3 Å². The average Bonchev–Trinajstić information content (AvgIpc) is 3.15. The molecular formula is C28H17NO4. The average molecular weight is 431 g/mol. The summed E-state index contributed by atoms with van der Waals surface area (Å²) in [6.45, 7) is 0. The fourth-order valence-corrected chi connectivity index (χ4v) is 5.03. The first-order valence-corrected chi connectivity index (χ1v) is 10.7. The number of benzene rings is 3. The minimum atomic E-state index is -0.579. The Morgan fingerprint density at radius 2 is 1.27 bits per heavy atom. The number of ketones is 3. The molecule has 3 aromatic carbocycles. The van der Waals surface area contributed by atoms with Crippen molar-refractivity contribution in [2.75, 3.05) is 5.32 Å². The summed E-state index contributed by atoms with van der Waals surface area (Å²) >= 11 is 0. The minimum absolute atomic E-state index is 0.141. The van der Waals surface area contributed by atoms with Crippen LogP contribution in [-0.2, 0) is 0 Å². The van der Waals surface area contributed by atoms with Gasteiger partial charge in [-0.3, -0.25) is 19.2 Å². The quantitative estimate of drug-likeness (QED) is 0.490. The molecule has 2 atom stereocenters. The highest BCUT2D eigenvalue weighted by molar-refractivity contribution is 6.27. The molecule has 158 valence electrons. The summed E-state index contributed by atoms with van der Waals surface area (Å²) in [6, 6.07) is 17.3. The number of Topliss-reactive ketones (excluding diaryl/α,β-unsaturated/α-hetero) is 2. The zero-order chi connectivity index (χ0) is 22.7. The van der Waals surface area contributed by atoms with Crippen LogP contribution in [0.1, 0.15) is 47.0 Å². The monoisotopic (exact) mass is 431 g/mol. The molecule has 1 N–H and O–H groups in total. The number of hydrogen-bond acceptors (Lipinski definition) is 4. The van der Waals surface area contributed by atoms with Gasteiger partial charge < -0.3 is 5.32 Å². The highest BCUT2D eigenvalue weighted by atomic mass is 16.2. The Bertz CT molecular complexity index is 1480. The molecule has 1 amide bonds. The van der Waals surface area contributed by atoms with Gasteiger partial charge in [-0.15, -0.1) is 0 Å². The van der Waals surface area contributed by atoms with Crippen molar-refractivity contribution in [1.82, 2.24) is 0 Å². The number of rotatable bonds is 2. The number of allylic oxidation sites excluding steroid dienone is 4. The van der Waals surface area contributed by atoms with Gasteiger partial charge in [0.15, 0.2) is 17.3 Å². The van der Waals surface area contributed by atoms with Crippen molar-refractivity contribution in [1.29, 1.82) is 0 Å². The normalized spacial score (nSPS) is 19.6. The Labute approximate surface area is 189 Å². The van der Waals surface area contributed by atoms with Gasteiger partial charge in [0, 0.05) is 16.7 Å². The molecule has 0 saturated carbocycles. The minimum Gasteiger partial charge on any atom is -0.321 e. The molecule has 5 heteroatoms. The Kier molecular flexibility index (Phi) is 4.14. The molecule has 0 bridgehead atoms. The van der Waals surface area contributed by atoms with Gasteiger partial charge in [-0.05, 0) is 23.3 Å². The molecular weight excluding hydrogens is 414 g/mol. The van der Waals surface area contributed by atoms with E-state index in [0.29, 0.717) is 22.3 Å². The van der Waals surface area contributed by atoms with Crippen molar-refractivity contribution in [3.8, 4) is 11.1 Å². The SMILES string of the molecule is O=C(Nc1cccc2c1C(=O)[C@@H]1C=CC=C[C@H]1C2=O)c1cccc2c1C(=O)c1ccccc1-2. The van der Waals surface area contributed by atoms with E-state index >= 15 is 0 Å². The lowest BCUT2D eigenvalue weighted by molar-refractivity contribution is 0.0802. The van der Waals surface area contributed by atoms with Gasteiger partial charge in [0.2, 0.25) is 0 Å². The maximum absolute atomic E-state index is 13.3. The number of nitrogens with one attached hydrogen (secondary N) is 1. The fraction of sp³-hybridized carbons (Fsp3) is 0.0714. The van der Waals surface area contributed by atoms with E-state index in [1.54, 1.807) is 66.8 Å². The molecule has 3 aliphatic carbocycles. The summed E-state index contributed by atoms with van der Waals surface area (Å²) in [5.41, 5.74) is 3.47. The molecule has 0 spiro atoms. The summed E-state index contributed by atoms with van der Waals surface area (Å²) in [5, 5.41) is 2.80. The zero-order valence-corrected chi connectivity index (χ0v) is 17.4. The second-order valence-electron chi connectivity index (χ2n) is 8.33. The van der Waals surface area contributed by atoms with E-state index in [1.807, 2.05) is 18.2 Å². The van der Waals surface area contributed by atoms with Gasteiger partial charge in [-0.25, -0.2) is 0 Å². The third-order valence-electron chi connectivity index (χ3n) is 6.56. The van der Waals surface area contributed by atoms with E-state index in [4.69, 9.17) is 0 Å². The molecule has 3 aromatic rings. The molecule has 0 heterocycles. The number of anilines is 1. The van der Waals surface area contributed by atoms with E-state index in [9.17, 15) is 19.2 Å². The summed E-state index contributed by atoms with van der Waals surface area (Å²) in [7, 11) is 0. The van der Waals surface area contributed by atoms with E-state index in [0.717, 1.165) is 5.56 Å². The van der Waals surface area contributed by atoms with Crippen LogP contribution < -0.4 is 5.32 Å². The van der Waals surface area contributed by atoms with Crippen molar-refractivity contribution >= 4 is 28.9 Å². The van der Waals surface area contributed by atoms with E-state index < -0.39 is 17.7 Å². The van der Waals surface area contributed by atoms with Crippen molar-refractivity contribution in [2.45, 2.75) is 0 Å². The van der Waals surface area contributed by atoms with Crippen molar-refractivity contribution in [2.24, 2.45) is 11.8 Å². The molecule has 0 fully saturated rings. The first kappa shape index (κ1) is 19.3. The summed E-state index contributed by atoms with van der Waals surface area (Å²) in [6.07, 6.45) is 7.01. The standard InChI is InChI=1S/C28H17NO4/c30-25-18-9-3-4-10-19(18)27(32)24-20(25)12-6-14-22(24)29-28(33)21-13-5-11-16-15-7-1-2-8-17(15)26(31)23(16)21/h1-14,18-19H,(H,29,33)/t18-,19-/m1/s1. The number of hydrogen-bond donors (Lipinski definition) is 1. The van der Waals surface area contributed by atoms with Crippen LogP contribution in [-0.4, -0.2) is 23.3 Å². The van der Waals surface area contributed by atoms with Gasteiger partial charge in [0.25, 0.3) is 5.91 Å². The van der Waals surface area contributed by atoms with E-state index in [2.05, 4.69) is 5.32 Å². The second kappa shape index (κ2) is 7.07. The van der Waals surface area contributed by atoms with Gasteiger partial charge >= 0.3 is 0 Å². The smallest absolute Gasteiger partial charge is 0.256 e. The molecule has 6 rings (SSSR count). The van der Waals surface area contributed by atoms with Crippen molar-refractivity contribution < 1.29 is 19.2 Å². The maximum Gasteiger partial charge on any atom is 0.256 e. The molecule has 0 unspecified atom stereocenters. The predicted molar refractivity (Wildman–Crippen MR) is 124 cm³/mol. The largest absolute Gasteiger partial charge is 0.321 e. The Balaban J connectivity index is 1.41. The number of carbonyl (C=O) groups excluding carboxylic acids is 4. The summed E-state index contributed by atoms with van der Waals surface area (Å²) in [4.78, 5) is 52.7. The molecule has 0 aromatic heterocycles. The molecule has 0 radical (unpaired) electrons. The third-order valence-corrected chi connectivity index (χ3v) is 6.56. The number of fused-ring (bicyclic) bond motifs is 5. The van der Waals surface area contributed by atoms with E-state index in [1.165, 1.54) is 0 Å². The number of carbonyl (C=O) groups is 4. The van der Waals surface area contributed by atoms with Crippen molar-refractivity contribution in [3.05, 3.63) is 113 Å². The molecule has 3 aliphatic rings. The molecule has 0 aliphatic heterocycles. The predicted octanol–water partition coefficient (Wildman–Crippen LogP) is 4.89. The molecule has 5 nitrogen and oxygen atoms in total. The maximum atomic E-state index is 13.3. The lowest BCUT2D eigenvalue weighted by Gasteiger charge is -2.29. The lowest BCUT2D eigenvalue weighted by atomic mass is 9.72. The van der Waals surface area contributed by atoms with Crippen LogP contribution in [0.2, 0.25) is 0 Å². The van der Waals surface area contributed by atoms with Crippen LogP contribution in [0.4, 0.5) is 5.69 Å². The Morgan fingerprint density at radius 1 is 0.636 bits per heavy atom. The summed E-state index contributed by atoms with van der Waals surface area (Å²) < 4.78 is 0. The zero-order valence-electron chi connectivity index (χ0n) is 17.4. The van der Waals surface area contributed by atoms with Crippen LogP contribution >= 0.6 is 0 Å². The van der Waals surface area contributed by atoms with Gasteiger partial charge in [0.1, 0.15) is 0 Å². The number of amides is 1. The Morgan fingerprint density at radius 3 is 2.06 bits per heavy atom. The van der Waals surface area contributed by atoms with Crippen LogP contribution in [0.15, 0.2) is 85.0 Å². The highest BCUT2D eigenvalue weighted by Gasteiger charge is 2.41. The highest BCUT2D eigenvalue weighted by Crippen LogP contribution is 2.40. The Hall–Kier alpha value is -4.38. The van der Waals surface area contributed by atoms with Crippen molar-refractivity contribution in [3.63, 3.8) is 0 Å². The van der Waals surface area contributed by atoms with Crippen LogP contribution in [0.3, 0.4) is 0 Å². The second-order valence-corrected chi connectivity index (χ2v) is 8.33. The van der Waals surface area contributed by atoms with Crippen LogP contribution in [0, 0.1) is 11.8 Å². The lowest BCUT2D eigenvalue weighted by Crippen LogP contribution is -2.36. The van der Waals surface area contributed by atoms with Crippen LogP contribution in [0.5, 0.6) is 0 Å². The van der Waals surface area contributed by atoms with Crippen LogP contribution in [0.25, 0.3) is 11.1 Å². The van der Waals surface area contributed by atoms with Gasteiger partial charge in [0.05, 0.1) is 28.7 Å². The first-order valence-electron chi connectivity index (χ1n) is 10.7. The third kappa shape index (κ3) is 2.72. The van der Waals surface area contributed by atoms with Gasteiger partial charge in [-0.2, -0.15) is 0 Å². The molecule has 0 saturated heterocycles. The molecule has 33 heavy (non-hydrogen) atoms. The fourth-order valence-electron chi connectivity index (χ4n) is 5.03. The van der Waals surface area contributed by atoms with Gasteiger partial charge in [-0.1, -0.05) is 72.8 Å². The first-order chi connectivity index (χ1) is 16.1.